The van der Waals surface area contributed by atoms with E-state index in [1.165, 1.54) is 66.4 Å². The summed E-state index contributed by atoms with van der Waals surface area (Å²) in [4.78, 5) is 0. The van der Waals surface area contributed by atoms with Crippen LogP contribution in [0.1, 0.15) is 24.7 Å². The van der Waals surface area contributed by atoms with Gasteiger partial charge in [-0.2, -0.15) is 0 Å². The lowest BCUT2D eigenvalue weighted by Crippen LogP contribution is -1.91. The summed E-state index contributed by atoms with van der Waals surface area (Å²) in [7, 11) is 0. The normalized spacial score (nSPS) is 14.8. The Morgan fingerprint density at radius 3 is 1.22 bits per heavy atom. The molecule has 0 spiro atoms. The zero-order valence-electron chi connectivity index (χ0n) is 64.0. The molecule has 1 nitrogen and oxygen atoms in total. The van der Waals surface area contributed by atoms with Gasteiger partial charge >= 0.3 is 0 Å². The van der Waals surface area contributed by atoms with Crippen LogP contribution >= 0.6 is 0 Å². The van der Waals surface area contributed by atoms with E-state index in [0.29, 0.717) is 11.1 Å². The van der Waals surface area contributed by atoms with E-state index in [9.17, 15) is 8.22 Å². The number of hydrogen-bond acceptors (Lipinski definition) is 1. The molecule has 0 radical (unpaired) electrons. The van der Waals surface area contributed by atoms with Gasteiger partial charge in [0.1, 0.15) is 11.2 Å². The third-order valence-corrected chi connectivity index (χ3v) is 17.1. The Morgan fingerprint density at radius 1 is 0.218 bits per heavy atom. The second-order valence-electron chi connectivity index (χ2n) is 21.9. The average Bonchev–Trinajstić information content (AvgIpc) is 1.35. The minimum atomic E-state index is -0.600. The Hall–Kier alpha value is -11.4. The molecule has 0 aliphatic heterocycles. The summed E-state index contributed by atoms with van der Waals surface area (Å²) in [6.45, 7) is 0. The van der Waals surface area contributed by atoms with Crippen LogP contribution in [0.25, 0.3) is 186 Å². The Morgan fingerprint density at radius 2 is 0.644 bits per heavy atom. The van der Waals surface area contributed by atoms with Gasteiger partial charge < -0.3 is 4.42 Å². The highest BCUT2D eigenvalue weighted by Crippen LogP contribution is 2.49. The topological polar surface area (TPSA) is 13.1 Å². The van der Waals surface area contributed by atoms with Crippen LogP contribution in [0.3, 0.4) is 0 Å². The lowest BCUT2D eigenvalue weighted by atomic mass is 9.84. The van der Waals surface area contributed by atoms with E-state index in [2.05, 4.69) is 158 Å². The van der Waals surface area contributed by atoms with Gasteiger partial charge in [-0.1, -0.05) is 279 Å². The third kappa shape index (κ3) is 7.80. The molecule has 0 saturated heterocycles. The average molecular weight is 1120 g/mol. The maximum Gasteiger partial charge on any atom is 0.143 e. The van der Waals surface area contributed by atoms with E-state index in [1.54, 1.807) is 42.5 Å². The number of rotatable bonds is 6. The fourth-order valence-electron chi connectivity index (χ4n) is 13.2. The second kappa shape index (κ2) is 19.6. The Kier molecular flexibility index (Phi) is 7.75. The van der Waals surface area contributed by atoms with Gasteiger partial charge in [-0.3, -0.25) is 0 Å². The minimum Gasteiger partial charge on any atom is -0.455 e. The molecule has 0 saturated carbocycles. The number of fused-ring (bicyclic) bond motifs is 7. The molecule has 402 valence electrons. The van der Waals surface area contributed by atoms with Crippen LogP contribution in [-0.4, -0.2) is 0 Å². The molecule has 0 N–H and O–H groups in total. The predicted octanol–water partition coefficient (Wildman–Crippen LogP) is 24.5. The lowest BCUT2D eigenvalue weighted by molar-refractivity contribution is 0.673. The van der Waals surface area contributed by atoms with Crippen molar-refractivity contribution >= 4 is 119 Å². The van der Waals surface area contributed by atoms with Crippen molar-refractivity contribution in [3.05, 3.63) is 315 Å². The van der Waals surface area contributed by atoms with Crippen LogP contribution in [0.4, 0.5) is 0 Å². The van der Waals surface area contributed by atoms with Gasteiger partial charge in [-0.25, -0.2) is 0 Å². The molecule has 0 fully saturated rings. The van der Waals surface area contributed by atoms with Crippen molar-refractivity contribution in [2.45, 2.75) is 0 Å². The monoisotopic (exact) mass is 1120 g/mol. The molecule has 1 aromatic heterocycles. The van der Waals surface area contributed by atoms with Gasteiger partial charge in [0.05, 0.1) is 24.7 Å². The molecule has 1 heteroatoms. The molecule has 0 amide bonds. The molecule has 19 aromatic rings. The van der Waals surface area contributed by atoms with E-state index < -0.39 is 109 Å². The van der Waals surface area contributed by atoms with Gasteiger partial charge in [0.2, 0.25) is 0 Å². The molecule has 18 aromatic carbocycles. The van der Waals surface area contributed by atoms with E-state index in [0.717, 1.165) is 27.3 Å². The molecule has 0 aliphatic carbocycles. The standard InChI is InChI=1S/C44H26.C42H26O/c1-2-6-27(7-3-1)34-24-35(37-20-16-32-14-12-28-8-4-10-30-18-22-39(37)43(32)41(28)30)26-36(25-34)38-21-17-33-15-13-29-9-5-11-31-19-23-40(38)44(33)42(29)31;1-2-12-27(13-3-1)29-15-10-16-30(26-29)39-32-18-6-8-20-34(32)40(35-21-9-7-19-33(35)39)36-22-11-23-38-41(36)37-25-24-28-14-4-5-17-31(28)42(37)43-38/h1-26H;1-26H/i4D,5D,8D,9D,10D,11D,12D,13D,14D,15D,16D,17D,18D,19D,20D,21D,22D,23D;. The number of benzene rings is 18. The molecule has 0 bridgehead atoms. The van der Waals surface area contributed by atoms with Crippen molar-refractivity contribution in [1.29, 1.82) is 0 Å². The summed E-state index contributed by atoms with van der Waals surface area (Å²) >= 11 is 0. The number of hydrogen-bond donors (Lipinski definition) is 0. The van der Waals surface area contributed by atoms with E-state index in [4.69, 9.17) is 20.9 Å². The van der Waals surface area contributed by atoms with Crippen LogP contribution in [0, 0.1) is 0 Å². The van der Waals surface area contributed by atoms with E-state index in [-0.39, 0.29) is 86.9 Å². The third-order valence-electron chi connectivity index (χ3n) is 17.1. The molecule has 1 heterocycles. The zero-order valence-corrected chi connectivity index (χ0v) is 46.0. The van der Waals surface area contributed by atoms with Crippen molar-refractivity contribution in [1.82, 2.24) is 0 Å². The summed E-state index contributed by atoms with van der Waals surface area (Å²) < 4.78 is 169. The van der Waals surface area contributed by atoms with Gasteiger partial charge in [0, 0.05) is 16.2 Å². The molecule has 0 aliphatic rings. The maximum absolute atomic E-state index is 9.48. The molecule has 0 atom stereocenters. The van der Waals surface area contributed by atoms with Crippen molar-refractivity contribution in [2.75, 3.05) is 0 Å². The van der Waals surface area contributed by atoms with Crippen LogP contribution in [0.5, 0.6) is 0 Å². The van der Waals surface area contributed by atoms with Gasteiger partial charge in [-0.05, 0) is 195 Å². The highest BCUT2D eigenvalue weighted by molar-refractivity contribution is 6.29. The molecular weight excluding hydrogens is 1050 g/mol. The van der Waals surface area contributed by atoms with Gasteiger partial charge in [0.15, 0.2) is 0 Å². The first-order valence-electron chi connectivity index (χ1n) is 37.7. The SMILES string of the molecule is [2H]c1c([2H])c2c([2H])c([2H])c3c([2H])c([2H])c(-c4cc(-c5ccccc5)cc(-c5c([2H])c([2H])c6c([2H])c([2H])c7c([2H])c([2H])c([2H])c8c([2H])c([2H])c5c6c78)c4)c4c([2H])c([2H])c(c1[2H])c2c34.c1ccc(-c2cccc(-c3c4ccccc4c(-c4cccc5oc6c7ccccc7ccc6c45)c4ccccc34)c2)cc1. The summed E-state index contributed by atoms with van der Waals surface area (Å²) in [6, 6.07) is 60.8. The van der Waals surface area contributed by atoms with Crippen LogP contribution in [0.15, 0.2) is 319 Å². The second-order valence-corrected chi connectivity index (χ2v) is 21.9. The summed E-state index contributed by atoms with van der Waals surface area (Å²) in [5.74, 6) is 0. The molecule has 0 unspecified atom stereocenters. The number of furan rings is 1. The Bertz CT molecular complexity index is 6730. The molecule has 87 heavy (non-hydrogen) atoms. The molecule has 19 rings (SSSR count). The zero-order chi connectivity index (χ0) is 72.8. The van der Waals surface area contributed by atoms with E-state index in [1.807, 2.05) is 0 Å². The minimum absolute atomic E-state index is 0.00774. The first-order chi connectivity index (χ1) is 50.7. The summed E-state index contributed by atoms with van der Waals surface area (Å²) in [6.07, 6.45) is 0. The lowest BCUT2D eigenvalue weighted by Gasteiger charge is -2.18. The predicted molar refractivity (Wildman–Crippen MR) is 373 cm³/mol. The fraction of sp³-hybridized carbons (Fsp3) is 0. The summed E-state index contributed by atoms with van der Waals surface area (Å²) in [5, 5.41) is 8.09. The largest absolute Gasteiger partial charge is 0.455 e. The highest BCUT2D eigenvalue weighted by atomic mass is 16.3. The van der Waals surface area contributed by atoms with Crippen molar-refractivity contribution < 1.29 is 29.1 Å². The fourth-order valence-corrected chi connectivity index (χ4v) is 13.2. The van der Waals surface area contributed by atoms with Crippen LogP contribution < -0.4 is 0 Å². The summed E-state index contributed by atoms with van der Waals surface area (Å²) in [5.41, 5.74) is 10.4. The van der Waals surface area contributed by atoms with E-state index >= 15 is 0 Å². The van der Waals surface area contributed by atoms with Crippen molar-refractivity contribution in [2.24, 2.45) is 0 Å². The first-order valence-corrected chi connectivity index (χ1v) is 28.7. The quantitative estimate of drug-likeness (QED) is 0.119. The molecular formula is C86H52O. The van der Waals surface area contributed by atoms with Gasteiger partial charge in [0.25, 0.3) is 0 Å². The van der Waals surface area contributed by atoms with Crippen molar-refractivity contribution in [3.8, 4) is 66.8 Å². The van der Waals surface area contributed by atoms with Crippen LogP contribution in [-0.2, 0) is 0 Å². The Balaban J connectivity index is 0.000000159. The smallest absolute Gasteiger partial charge is 0.143 e. The highest BCUT2D eigenvalue weighted by Gasteiger charge is 2.22. The van der Waals surface area contributed by atoms with Gasteiger partial charge in [-0.15, -0.1) is 0 Å². The maximum atomic E-state index is 9.48. The first kappa shape index (κ1) is 34.4. The van der Waals surface area contributed by atoms with Crippen molar-refractivity contribution in [3.63, 3.8) is 0 Å². The van der Waals surface area contributed by atoms with Crippen LogP contribution in [0.2, 0.25) is 0 Å². The Labute approximate surface area is 527 Å².